The first-order valence-electron chi connectivity index (χ1n) is 6.44. The Labute approximate surface area is 147 Å². The second-order valence-electron chi connectivity index (χ2n) is 4.50. The summed E-state index contributed by atoms with van der Waals surface area (Å²) in [5, 5.41) is 3.37. The van der Waals surface area contributed by atoms with Crippen LogP contribution in [-0.4, -0.2) is 21.3 Å². The number of methoxy groups -OCH3 is 2. The molecule has 112 valence electrons. The third kappa shape index (κ3) is 3.70. The smallest absolute Gasteiger partial charge is 0.161 e. The van der Waals surface area contributed by atoms with Crippen molar-refractivity contribution in [3.8, 4) is 11.5 Å². The van der Waals surface area contributed by atoms with E-state index in [4.69, 9.17) is 9.47 Å². The molecule has 0 saturated heterocycles. The van der Waals surface area contributed by atoms with E-state index in [0.29, 0.717) is 0 Å². The molecular weight excluding hydrogens is 445 g/mol. The van der Waals surface area contributed by atoms with Gasteiger partial charge >= 0.3 is 0 Å². The molecule has 0 bridgehead atoms. The maximum Gasteiger partial charge on any atom is 0.161 e. The van der Waals surface area contributed by atoms with Gasteiger partial charge in [-0.3, -0.25) is 0 Å². The van der Waals surface area contributed by atoms with Gasteiger partial charge in [-0.25, -0.2) is 0 Å². The zero-order valence-corrected chi connectivity index (χ0v) is 15.9. The minimum absolute atomic E-state index is 0.0919. The van der Waals surface area contributed by atoms with Gasteiger partial charge in [0.2, 0.25) is 0 Å². The van der Waals surface area contributed by atoms with Crippen molar-refractivity contribution >= 4 is 38.5 Å². The highest BCUT2D eigenvalue weighted by Gasteiger charge is 2.17. The quantitative estimate of drug-likeness (QED) is 0.670. The van der Waals surface area contributed by atoms with Crippen LogP contribution in [0.4, 0.5) is 0 Å². The molecule has 5 heteroatoms. The van der Waals surface area contributed by atoms with Crippen LogP contribution in [0.3, 0.4) is 0 Å². The first-order chi connectivity index (χ1) is 10.1. The first-order valence-corrected chi connectivity index (χ1v) is 8.32. The molecule has 0 fully saturated rings. The van der Waals surface area contributed by atoms with Crippen LogP contribution in [-0.2, 0) is 0 Å². The summed E-state index contributed by atoms with van der Waals surface area (Å²) < 4.78 is 13.0. The molecule has 2 aromatic carbocycles. The molecule has 1 N–H and O–H groups in total. The third-order valence-corrected chi connectivity index (χ3v) is 4.77. The number of hydrogen-bond donors (Lipinski definition) is 1. The number of hydrogen-bond acceptors (Lipinski definition) is 3. The van der Waals surface area contributed by atoms with Crippen LogP contribution in [0.5, 0.6) is 11.5 Å². The summed E-state index contributed by atoms with van der Waals surface area (Å²) in [6.07, 6.45) is 0. The molecule has 21 heavy (non-hydrogen) atoms. The van der Waals surface area contributed by atoms with Crippen molar-refractivity contribution in [1.82, 2.24) is 5.32 Å². The van der Waals surface area contributed by atoms with E-state index < -0.39 is 0 Å². The minimum Gasteiger partial charge on any atom is -0.493 e. The Bertz CT molecular complexity index is 634. The Balaban J connectivity index is 2.48. The van der Waals surface area contributed by atoms with Gasteiger partial charge in [-0.2, -0.15) is 0 Å². The molecule has 1 atom stereocenters. The molecule has 0 aliphatic carbocycles. The molecule has 2 aromatic rings. The predicted octanol–water partition coefficient (Wildman–Crippen LogP) is 4.38. The summed E-state index contributed by atoms with van der Waals surface area (Å²) in [5.41, 5.74) is 2.35. The van der Waals surface area contributed by atoms with Gasteiger partial charge in [-0.1, -0.05) is 22.0 Å². The fraction of sp³-hybridized carbons (Fsp3) is 0.250. The van der Waals surface area contributed by atoms with E-state index in [2.05, 4.69) is 62.0 Å². The third-order valence-electron chi connectivity index (χ3n) is 3.30. The molecule has 0 aliphatic rings. The average molecular weight is 462 g/mol. The normalized spacial score (nSPS) is 12.0. The summed E-state index contributed by atoms with van der Waals surface area (Å²) >= 11 is 5.90. The largest absolute Gasteiger partial charge is 0.493 e. The topological polar surface area (TPSA) is 30.5 Å². The molecule has 0 saturated carbocycles. The fourth-order valence-corrected chi connectivity index (χ4v) is 3.30. The van der Waals surface area contributed by atoms with Crippen LogP contribution < -0.4 is 14.8 Å². The highest BCUT2D eigenvalue weighted by atomic mass is 127. The lowest BCUT2D eigenvalue weighted by molar-refractivity contribution is 0.354. The summed E-state index contributed by atoms with van der Waals surface area (Å²) in [6, 6.07) is 12.4. The lowest BCUT2D eigenvalue weighted by atomic mass is 9.98. The lowest BCUT2D eigenvalue weighted by Crippen LogP contribution is -2.19. The maximum atomic E-state index is 5.40. The SMILES string of the molecule is CNC(c1ccc(OC)c(OC)c1)c1cc(Br)ccc1I. The molecule has 0 amide bonds. The number of ether oxygens (including phenoxy) is 2. The highest BCUT2D eigenvalue weighted by molar-refractivity contribution is 14.1. The Kier molecular flexibility index (Phi) is 5.89. The van der Waals surface area contributed by atoms with Gasteiger partial charge < -0.3 is 14.8 Å². The number of rotatable bonds is 5. The van der Waals surface area contributed by atoms with Crippen molar-refractivity contribution in [3.05, 3.63) is 55.6 Å². The van der Waals surface area contributed by atoms with Crippen LogP contribution in [0.1, 0.15) is 17.2 Å². The zero-order valence-electron chi connectivity index (χ0n) is 12.1. The van der Waals surface area contributed by atoms with Crippen molar-refractivity contribution < 1.29 is 9.47 Å². The molecule has 0 spiro atoms. The van der Waals surface area contributed by atoms with Crippen molar-refractivity contribution in [1.29, 1.82) is 0 Å². The molecule has 0 aromatic heterocycles. The van der Waals surface area contributed by atoms with Gasteiger partial charge in [0.05, 0.1) is 20.3 Å². The standard InChI is InChI=1S/C16H17BrINO2/c1-19-16(12-9-11(17)5-6-13(12)18)10-4-7-14(20-2)15(8-10)21-3/h4-9,16,19H,1-3H3. The van der Waals surface area contributed by atoms with E-state index in [0.717, 1.165) is 21.5 Å². The molecule has 3 nitrogen and oxygen atoms in total. The van der Waals surface area contributed by atoms with Gasteiger partial charge in [0, 0.05) is 8.04 Å². The van der Waals surface area contributed by atoms with E-state index >= 15 is 0 Å². The summed E-state index contributed by atoms with van der Waals surface area (Å²) in [7, 11) is 5.25. The summed E-state index contributed by atoms with van der Waals surface area (Å²) in [5.74, 6) is 1.47. The summed E-state index contributed by atoms with van der Waals surface area (Å²) in [6.45, 7) is 0. The molecule has 0 heterocycles. The zero-order chi connectivity index (χ0) is 15.4. The van der Waals surface area contributed by atoms with Gasteiger partial charge in [0.15, 0.2) is 11.5 Å². The van der Waals surface area contributed by atoms with E-state index in [-0.39, 0.29) is 6.04 Å². The fourth-order valence-electron chi connectivity index (χ4n) is 2.27. The van der Waals surface area contributed by atoms with E-state index in [1.165, 1.54) is 9.13 Å². The van der Waals surface area contributed by atoms with Crippen LogP contribution in [0.25, 0.3) is 0 Å². The van der Waals surface area contributed by atoms with E-state index in [1.807, 2.05) is 25.2 Å². The van der Waals surface area contributed by atoms with Crippen molar-refractivity contribution in [3.63, 3.8) is 0 Å². The average Bonchev–Trinajstić information content (AvgIpc) is 2.51. The Hall–Kier alpha value is -0.790. The van der Waals surface area contributed by atoms with Gasteiger partial charge in [0.1, 0.15) is 0 Å². The number of nitrogens with one attached hydrogen (secondary N) is 1. The van der Waals surface area contributed by atoms with Gasteiger partial charge in [-0.15, -0.1) is 0 Å². The lowest BCUT2D eigenvalue weighted by Gasteiger charge is -2.20. The molecule has 2 rings (SSSR count). The minimum atomic E-state index is 0.0919. The first kappa shape index (κ1) is 16.6. The Morgan fingerprint density at radius 1 is 1.05 bits per heavy atom. The number of halogens is 2. The van der Waals surface area contributed by atoms with Crippen LogP contribution >= 0.6 is 38.5 Å². The van der Waals surface area contributed by atoms with E-state index in [9.17, 15) is 0 Å². The Morgan fingerprint density at radius 3 is 2.38 bits per heavy atom. The van der Waals surface area contributed by atoms with E-state index in [1.54, 1.807) is 14.2 Å². The van der Waals surface area contributed by atoms with Gasteiger partial charge in [-0.05, 0) is 71.1 Å². The monoisotopic (exact) mass is 461 g/mol. The maximum absolute atomic E-state index is 5.40. The molecule has 0 radical (unpaired) electrons. The van der Waals surface area contributed by atoms with Crippen molar-refractivity contribution in [2.75, 3.05) is 21.3 Å². The van der Waals surface area contributed by atoms with Crippen molar-refractivity contribution in [2.45, 2.75) is 6.04 Å². The van der Waals surface area contributed by atoms with Crippen LogP contribution in [0.2, 0.25) is 0 Å². The Morgan fingerprint density at radius 2 is 1.76 bits per heavy atom. The second kappa shape index (κ2) is 7.47. The molecule has 1 unspecified atom stereocenters. The second-order valence-corrected chi connectivity index (χ2v) is 6.58. The van der Waals surface area contributed by atoms with Crippen LogP contribution in [0, 0.1) is 3.57 Å². The van der Waals surface area contributed by atoms with Gasteiger partial charge in [0.25, 0.3) is 0 Å². The van der Waals surface area contributed by atoms with Crippen LogP contribution in [0.15, 0.2) is 40.9 Å². The highest BCUT2D eigenvalue weighted by Crippen LogP contribution is 2.34. The summed E-state index contributed by atoms with van der Waals surface area (Å²) in [4.78, 5) is 0. The molecule has 0 aliphatic heterocycles. The molecular formula is C16H17BrINO2. The number of benzene rings is 2. The predicted molar refractivity (Wildman–Crippen MR) is 97.3 cm³/mol. The van der Waals surface area contributed by atoms with Crippen molar-refractivity contribution in [2.24, 2.45) is 0 Å².